The number of nitrogen functional groups attached to an aromatic ring is 1. The maximum atomic E-state index is 5.52. The van der Waals surface area contributed by atoms with Crippen LogP contribution in [0.2, 0.25) is 0 Å². The molecule has 0 radical (unpaired) electrons. The topological polar surface area (TPSA) is 67.6 Å². The van der Waals surface area contributed by atoms with Crippen molar-refractivity contribution < 1.29 is 0 Å². The molecule has 0 unspecified atom stereocenters. The fourth-order valence-electron chi connectivity index (χ4n) is 0.753. The Morgan fingerprint density at radius 2 is 1.77 bits per heavy atom. The lowest BCUT2D eigenvalue weighted by Gasteiger charge is -1.93. The van der Waals surface area contributed by atoms with Crippen molar-refractivity contribution in [3.63, 3.8) is 0 Å². The van der Waals surface area contributed by atoms with Crippen LogP contribution in [0.1, 0.15) is 5.56 Å². The summed E-state index contributed by atoms with van der Waals surface area (Å²) in [5, 5.41) is 9.33. The number of aromatic amines is 1. The molecule has 3 N–H and O–H groups in total. The molecule has 2 rings (SSSR count). The molecule has 0 aliphatic rings. The molecule has 1 heterocycles. The molecular formula is C9H12N4. The van der Waals surface area contributed by atoms with Crippen LogP contribution in [0.5, 0.6) is 0 Å². The summed E-state index contributed by atoms with van der Waals surface area (Å²) in [6.45, 7) is 2.00. The first-order valence-corrected chi connectivity index (χ1v) is 3.91. The summed E-state index contributed by atoms with van der Waals surface area (Å²) in [4.78, 5) is 0. The second kappa shape index (κ2) is 4.92. The predicted molar refractivity (Wildman–Crippen MR) is 52.0 cm³/mol. The Balaban J connectivity index is 0.000000145. The number of aromatic nitrogens is 3. The highest BCUT2D eigenvalue weighted by Crippen LogP contribution is 2.06. The smallest absolute Gasteiger partial charge is 0.0690 e. The summed E-state index contributed by atoms with van der Waals surface area (Å²) >= 11 is 0. The zero-order valence-corrected chi connectivity index (χ0v) is 7.44. The molecule has 4 nitrogen and oxygen atoms in total. The van der Waals surface area contributed by atoms with Crippen LogP contribution in [0.15, 0.2) is 36.7 Å². The van der Waals surface area contributed by atoms with Gasteiger partial charge in [-0.1, -0.05) is 18.2 Å². The van der Waals surface area contributed by atoms with Gasteiger partial charge in [0.2, 0.25) is 0 Å². The Labute approximate surface area is 76.8 Å². The van der Waals surface area contributed by atoms with E-state index in [2.05, 4.69) is 15.4 Å². The molecule has 0 aliphatic heterocycles. The van der Waals surface area contributed by atoms with Gasteiger partial charge in [0, 0.05) is 5.69 Å². The van der Waals surface area contributed by atoms with Crippen molar-refractivity contribution in [3.8, 4) is 0 Å². The van der Waals surface area contributed by atoms with Crippen LogP contribution in [0.4, 0.5) is 5.69 Å². The van der Waals surface area contributed by atoms with Crippen LogP contribution in [0.25, 0.3) is 0 Å². The number of anilines is 1. The first kappa shape index (κ1) is 9.25. The van der Waals surface area contributed by atoms with Gasteiger partial charge >= 0.3 is 0 Å². The number of benzene rings is 1. The molecule has 0 saturated heterocycles. The summed E-state index contributed by atoms with van der Waals surface area (Å²) in [6.07, 6.45) is 3.17. The van der Waals surface area contributed by atoms with Gasteiger partial charge in [0.05, 0.1) is 12.4 Å². The van der Waals surface area contributed by atoms with Gasteiger partial charge in [0.15, 0.2) is 0 Å². The van der Waals surface area contributed by atoms with Crippen LogP contribution in [0.3, 0.4) is 0 Å². The molecule has 1 aromatic heterocycles. The van der Waals surface area contributed by atoms with Crippen molar-refractivity contribution in [2.45, 2.75) is 6.92 Å². The molecule has 68 valence electrons. The van der Waals surface area contributed by atoms with E-state index < -0.39 is 0 Å². The SMILES string of the molecule is Cc1ccccc1N.c1cn[nH]n1. The zero-order valence-electron chi connectivity index (χ0n) is 7.44. The van der Waals surface area contributed by atoms with Crippen LogP contribution >= 0.6 is 0 Å². The normalized spacial score (nSPS) is 8.69. The average Bonchev–Trinajstić information content (AvgIpc) is 2.68. The molecule has 0 fully saturated rings. The molecule has 0 atom stereocenters. The van der Waals surface area contributed by atoms with Gasteiger partial charge in [-0.15, -0.1) is 0 Å². The van der Waals surface area contributed by atoms with Crippen LogP contribution in [0, 0.1) is 6.92 Å². The van der Waals surface area contributed by atoms with Gasteiger partial charge in [0.1, 0.15) is 0 Å². The van der Waals surface area contributed by atoms with Gasteiger partial charge in [-0.2, -0.15) is 15.4 Å². The number of hydrogen-bond donors (Lipinski definition) is 2. The number of rotatable bonds is 0. The molecule has 4 heteroatoms. The zero-order chi connectivity index (χ0) is 9.52. The summed E-state index contributed by atoms with van der Waals surface area (Å²) in [6, 6.07) is 7.80. The largest absolute Gasteiger partial charge is 0.399 e. The summed E-state index contributed by atoms with van der Waals surface area (Å²) < 4.78 is 0. The minimum Gasteiger partial charge on any atom is -0.399 e. The lowest BCUT2D eigenvalue weighted by molar-refractivity contribution is 0.940. The van der Waals surface area contributed by atoms with Gasteiger partial charge < -0.3 is 5.73 Å². The summed E-state index contributed by atoms with van der Waals surface area (Å²) in [7, 11) is 0. The van der Waals surface area contributed by atoms with Crippen molar-refractivity contribution in [1.29, 1.82) is 0 Å². The Morgan fingerprint density at radius 3 is 2.08 bits per heavy atom. The Kier molecular flexibility index (Phi) is 3.50. The van der Waals surface area contributed by atoms with Crippen LogP contribution in [-0.4, -0.2) is 15.4 Å². The van der Waals surface area contributed by atoms with Crippen molar-refractivity contribution in [3.05, 3.63) is 42.2 Å². The van der Waals surface area contributed by atoms with E-state index in [1.807, 2.05) is 31.2 Å². The highest BCUT2D eigenvalue weighted by molar-refractivity contribution is 5.44. The minimum absolute atomic E-state index is 0.868. The van der Waals surface area contributed by atoms with E-state index in [1.54, 1.807) is 12.4 Å². The molecule has 0 amide bonds. The molecule has 0 saturated carbocycles. The third-order valence-corrected chi connectivity index (χ3v) is 1.52. The minimum atomic E-state index is 0.868. The molecule has 1 aromatic carbocycles. The number of nitrogens with zero attached hydrogens (tertiary/aromatic N) is 2. The Bertz CT molecular complexity index is 291. The number of hydrogen-bond acceptors (Lipinski definition) is 3. The average molecular weight is 176 g/mol. The molecular weight excluding hydrogens is 164 g/mol. The predicted octanol–water partition coefficient (Wildman–Crippen LogP) is 1.38. The lowest BCUT2D eigenvalue weighted by atomic mass is 10.2. The highest BCUT2D eigenvalue weighted by Gasteiger charge is 1.84. The molecule has 0 bridgehead atoms. The van der Waals surface area contributed by atoms with Crippen molar-refractivity contribution in [2.24, 2.45) is 0 Å². The van der Waals surface area contributed by atoms with E-state index >= 15 is 0 Å². The first-order chi connectivity index (χ1) is 6.30. The Morgan fingerprint density at radius 1 is 1.15 bits per heavy atom. The van der Waals surface area contributed by atoms with E-state index in [-0.39, 0.29) is 0 Å². The van der Waals surface area contributed by atoms with Gasteiger partial charge in [-0.3, -0.25) is 0 Å². The van der Waals surface area contributed by atoms with E-state index in [0.717, 1.165) is 11.3 Å². The van der Waals surface area contributed by atoms with Gasteiger partial charge in [0.25, 0.3) is 0 Å². The summed E-state index contributed by atoms with van der Waals surface area (Å²) in [5.74, 6) is 0. The number of aryl methyl sites for hydroxylation is 1. The van der Waals surface area contributed by atoms with Gasteiger partial charge in [-0.25, -0.2) is 0 Å². The van der Waals surface area contributed by atoms with E-state index in [0.29, 0.717) is 0 Å². The second-order valence-electron chi connectivity index (χ2n) is 2.51. The van der Waals surface area contributed by atoms with E-state index in [4.69, 9.17) is 5.73 Å². The number of para-hydroxylation sites is 1. The highest BCUT2D eigenvalue weighted by atomic mass is 15.3. The van der Waals surface area contributed by atoms with Gasteiger partial charge in [-0.05, 0) is 18.6 Å². The van der Waals surface area contributed by atoms with Crippen molar-refractivity contribution in [2.75, 3.05) is 5.73 Å². The standard InChI is InChI=1S/C7H9N.C2H3N3/c1-6-4-2-3-5-7(6)8;1-2-4-5-3-1/h2-5H,8H2,1H3;1-2H,(H,3,4,5). The quantitative estimate of drug-likeness (QED) is 0.596. The fourth-order valence-corrected chi connectivity index (χ4v) is 0.753. The third kappa shape index (κ3) is 3.37. The number of H-pyrrole nitrogens is 1. The third-order valence-electron chi connectivity index (χ3n) is 1.52. The Hall–Kier alpha value is -1.84. The summed E-state index contributed by atoms with van der Waals surface area (Å²) in [5.41, 5.74) is 7.53. The molecule has 0 aliphatic carbocycles. The lowest BCUT2D eigenvalue weighted by Crippen LogP contribution is -1.85. The van der Waals surface area contributed by atoms with Crippen LogP contribution in [-0.2, 0) is 0 Å². The second-order valence-corrected chi connectivity index (χ2v) is 2.51. The first-order valence-electron chi connectivity index (χ1n) is 3.91. The fraction of sp³-hybridized carbons (Fsp3) is 0.111. The monoisotopic (exact) mass is 176 g/mol. The number of nitrogens with two attached hydrogens (primary N) is 1. The molecule has 13 heavy (non-hydrogen) atoms. The van der Waals surface area contributed by atoms with Crippen LogP contribution < -0.4 is 5.73 Å². The van der Waals surface area contributed by atoms with E-state index in [1.165, 1.54) is 0 Å². The van der Waals surface area contributed by atoms with Crippen molar-refractivity contribution in [1.82, 2.24) is 15.4 Å². The maximum absolute atomic E-state index is 5.52. The molecule has 2 aromatic rings. The van der Waals surface area contributed by atoms with Crippen molar-refractivity contribution >= 4 is 5.69 Å². The van der Waals surface area contributed by atoms with E-state index in [9.17, 15) is 0 Å². The number of nitrogens with one attached hydrogen (secondary N) is 1. The molecule has 0 spiro atoms. The maximum Gasteiger partial charge on any atom is 0.0690 e.